The van der Waals surface area contributed by atoms with Crippen molar-refractivity contribution in [1.82, 2.24) is 30.7 Å². The van der Waals surface area contributed by atoms with Gasteiger partial charge in [-0.3, -0.25) is 9.59 Å². The smallest absolute Gasteiger partial charge is 0.415 e. The van der Waals surface area contributed by atoms with Gasteiger partial charge in [0.15, 0.2) is 0 Å². The lowest BCUT2D eigenvalue weighted by atomic mass is 10.0. The van der Waals surface area contributed by atoms with E-state index < -0.39 is 72.5 Å². The van der Waals surface area contributed by atoms with Crippen molar-refractivity contribution in [1.29, 1.82) is 0 Å². The summed E-state index contributed by atoms with van der Waals surface area (Å²) in [6, 6.07) is 34.6. The van der Waals surface area contributed by atoms with Crippen LogP contribution in [0.5, 0.6) is 5.75 Å². The minimum atomic E-state index is -1.31. The molecule has 0 fully saturated rings. The van der Waals surface area contributed by atoms with Gasteiger partial charge in [-0.2, -0.15) is 0 Å². The molecule has 0 aliphatic carbocycles. The van der Waals surface area contributed by atoms with Crippen LogP contribution in [-0.2, 0) is 61.3 Å². The maximum absolute atomic E-state index is 13.8. The highest BCUT2D eigenvalue weighted by Gasteiger charge is 2.28. The molecule has 418 valence electrons. The second kappa shape index (κ2) is 28.6. The van der Waals surface area contributed by atoms with E-state index in [2.05, 4.69) is 26.3 Å². The Labute approximate surface area is 459 Å². The van der Waals surface area contributed by atoms with E-state index in [0.717, 1.165) is 22.0 Å². The predicted molar refractivity (Wildman–Crippen MR) is 294 cm³/mol. The zero-order chi connectivity index (χ0) is 57.0. The van der Waals surface area contributed by atoms with Crippen molar-refractivity contribution >= 4 is 69.7 Å². The Morgan fingerprint density at radius 3 is 1.95 bits per heavy atom. The number of para-hydroxylation sites is 1. The third-order valence-corrected chi connectivity index (χ3v) is 12.7. The average Bonchev–Trinajstić information content (AvgIpc) is 3.90. The number of carboxylic acid groups (broad SMARTS) is 1. The van der Waals surface area contributed by atoms with E-state index in [4.69, 9.17) is 29.1 Å². The largest absolute Gasteiger partial charge is 0.480 e. The highest BCUT2D eigenvalue weighted by atomic mass is 16.6. The van der Waals surface area contributed by atoms with Crippen molar-refractivity contribution < 1.29 is 62.0 Å². The molecule has 22 heteroatoms. The first-order valence-corrected chi connectivity index (χ1v) is 25.6. The zero-order valence-corrected chi connectivity index (χ0v) is 44.0. The number of hydrogen-bond donors (Lipinski definition) is 7. The Morgan fingerprint density at radius 2 is 1.25 bits per heavy atom. The summed E-state index contributed by atoms with van der Waals surface area (Å²) in [4.78, 5) is 109. The third-order valence-electron chi connectivity index (χ3n) is 12.7. The molecule has 0 spiro atoms. The first-order chi connectivity index (χ1) is 38.6. The second-order valence-electron chi connectivity index (χ2n) is 18.7. The van der Waals surface area contributed by atoms with Crippen LogP contribution < -0.4 is 37.4 Å². The fourth-order valence-corrected chi connectivity index (χ4v) is 8.18. The van der Waals surface area contributed by atoms with E-state index in [1.807, 2.05) is 84.9 Å². The Bertz CT molecular complexity index is 3320. The lowest BCUT2D eigenvalue weighted by Crippen LogP contribution is -2.53. The molecule has 0 aliphatic rings. The van der Waals surface area contributed by atoms with E-state index in [0.29, 0.717) is 41.6 Å². The van der Waals surface area contributed by atoms with Gasteiger partial charge < -0.3 is 70.3 Å². The van der Waals surface area contributed by atoms with Crippen molar-refractivity contribution in [2.24, 2.45) is 5.73 Å². The third kappa shape index (κ3) is 17.2. The summed E-state index contributed by atoms with van der Waals surface area (Å²) in [6.45, 7) is -0.117. The van der Waals surface area contributed by atoms with Crippen LogP contribution in [0.15, 0.2) is 149 Å². The number of H-pyrrole nitrogens is 1. The molecule has 22 nitrogen and oxygen atoms in total. The van der Waals surface area contributed by atoms with Crippen molar-refractivity contribution in [2.75, 3.05) is 39.0 Å². The Balaban J connectivity index is 0.841. The lowest BCUT2D eigenvalue weighted by molar-refractivity contribution is -0.139. The molecule has 3 atom stereocenters. The summed E-state index contributed by atoms with van der Waals surface area (Å²) in [6.07, 6.45) is -0.0642. The number of likely N-dealkylation sites (N-methyl/N-ethyl adjacent to an activating group) is 2. The van der Waals surface area contributed by atoms with E-state index in [-0.39, 0.29) is 62.5 Å². The molecule has 2 heterocycles. The first kappa shape index (κ1) is 58.0. The van der Waals surface area contributed by atoms with Gasteiger partial charge in [0.25, 0.3) is 0 Å². The van der Waals surface area contributed by atoms with Gasteiger partial charge in [-0.05, 0) is 84.5 Å². The standard InChI is InChI=1S/C58H62N8O14/c1-65(27-28-66(2)58(75)79-44-25-22-40-30-42(54(71)80-50(40)32-44)36-77-56(73)64-49(53(69)70)31-41-33-60-46-18-10-9-17-45(41)46)57(74)78-35-39-20-23-43(24-21-39)61-51(67)47(19-11-12-26-59)62-52(68)48(29-37-13-5-3-6-14-37)63-55(72)76-34-38-15-7-4-8-16-38/h3-10,13-18,20-25,30,32-33,47-49,60H,11-12,19,26-29,31,34-36,59H2,1-2H3,(H,61,67)(H,62,68)(H,63,72)(H,64,73)(H,69,70). The summed E-state index contributed by atoms with van der Waals surface area (Å²) in [5.41, 5.74) is 9.04. The summed E-state index contributed by atoms with van der Waals surface area (Å²) in [5.74, 6) is -2.28. The molecular weight excluding hydrogens is 1030 g/mol. The average molecular weight is 1100 g/mol. The predicted octanol–water partition coefficient (Wildman–Crippen LogP) is 6.99. The molecule has 0 aliphatic heterocycles. The number of amides is 6. The number of aliphatic carboxylic acids is 1. The molecule has 7 aromatic rings. The number of fused-ring (bicyclic) bond motifs is 2. The van der Waals surface area contributed by atoms with Gasteiger partial charge >= 0.3 is 36.0 Å². The molecular formula is C58H62N8O14. The molecule has 2 aromatic heterocycles. The lowest BCUT2D eigenvalue weighted by Gasteiger charge is -2.23. The van der Waals surface area contributed by atoms with Crippen LogP contribution in [0.25, 0.3) is 21.9 Å². The number of carboxylic acids is 1. The van der Waals surface area contributed by atoms with Crippen LogP contribution in [0.1, 0.15) is 47.1 Å². The zero-order valence-electron chi connectivity index (χ0n) is 44.0. The molecule has 3 unspecified atom stereocenters. The number of anilines is 1. The molecule has 0 saturated heterocycles. The molecule has 6 amide bonds. The van der Waals surface area contributed by atoms with Crippen LogP contribution in [0, 0.1) is 0 Å². The highest BCUT2D eigenvalue weighted by molar-refractivity contribution is 5.98. The van der Waals surface area contributed by atoms with Gasteiger partial charge in [0, 0.05) is 74.3 Å². The number of hydrogen-bond acceptors (Lipinski definition) is 14. The molecule has 5 aromatic carbocycles. The number of aromatic amines is 1. The summed E-state index contributed by atoms with van der Waals surface area (Å²) in [7, 11) is 2.96. The maximum atomic E-state index is 13.8. The number of unbranched alkanes of at least 4 members (excludes halogenated alkanes) is 1. The quantitative estimate of drug-likeness (QED) is 0.0172. The second-order valence-corrected chi connectivity index (χ2v) is 18.7. The molecule has 7 rings (SSSR count). The number of alkyl carbamates (subject to hydrolysis) is 2. The van der Waals surface area contributed by atoms with Crippen LogP contribution in [0.3, 0.4) is 0 Å². The number of carbonyl (C=O) groups excluding carboxylic acids is 6. The van der Waals surface area contributed by atoms with Gasteiger partial charge in [0.05, 0.1) is 5.56 Å². The normalized spacial score (nSPS) is 12.0. The van der Waals surface area contributed by atoms with Crippen LogP contribution in [-0.4, -0.2) is 114 Å². The van der Waals surface area contributed by atoms with Crippen molar-refractivity contribution in [2.45, 2.75) is 70.1 Å². The van der Waals surface area contributed by atoms with Crippen LogP contribution >= 0.6 is 0 Å². The fourth-order valence-electron chi connectivity index (χ4n) is 8.18. The van der Waals surface area contributed by atoms with Crippen LogP contribution in [0.2, 0.25) is 0 Å². The minimum absolute atomic E-state index is 0.00155. The van der Waals surface area contributed by atoms with Crippen molar-refractivity contribution in [3.05, 3.63) is 178 Å². The molecule has 0 radical (unpaired) electrons. The monoisotopic (exact) mass is 1090 g/mol. The van der Waals surface area contributed by atoms with E-state index in [1.165, 1.54) is 48.2 Å². The van der Waals surface area contributed by atoms with Crippen molar-refractivity contribution in [3.63, 3.8) is 0 Å². The number of rotatable bonds is 25. The Hall–Kier alpha value is -9.70. The SMILES string of the molecule is CN(CCN(C)C(=O)Oc1ccc2cc(COC(=O)NC(Cc3c[nH]c4ccccc34)C(=O)O)c(=O)oc2c1)C(=O)OCc1ccc(NC(=O)C(CCCCN)NC(=O)C(Cc2ccccc2)NC(=O)OCc2ccccc2)cc1. The molecule has 80 heavy (non-hydrogen) atoms. The van der Waals surface area contributed by atoms with E-state index >= 15 is 0 Å². The molecule has 8 N–H and O–H groups in total. The number of ether oxygens (including phenoxy) is 4. The fraction of sp³-hybridized carbons (Fsp3) is 0.276. The van der Waals surface area contributed by atoms with Gasteiger partial charge in [-0.25, -0.2) is 28.8 Å². The first-order valence-electron chi connectivity index (χ1n) is 25.6. The maximum Gasteiger partial charge on any atom is 0.415 e. The minimum Gasteiger partial charge on any atom is -0.480 e. The summed E-state index contributed by atoms with van der Waals surface area (Å²) >= 11 is 0. The van der Waals surface area contributed by atoms with E-state index in [9.17, 15) is 43.5 Å². The van der Waals surface area contributed by atoms with Crippen molar-refractivity contribution in [3.8, 4) is 5.75 Å². The van der Waals surface area contributed by atoms with Gasteiger partial charge in [0.1, 0.15) is 49.3 Å². The Morgan fingerprint density at radius 1 is 0.625 bits per heavy atom. The number of nitrogens with one attached hydrogen (secondary N) is 5. The van der Waals surface area contributed by atoms with E-state index in [1.54, 1.807) is 30.5 Å². The molecule has 0 saturated carbocycles. The van der Waals surface area contributed by atoms with Gasteiger partial charge in [-0.1, -0.05) is 91.0 Å². The summed E-state index contributed by atoms with van der Waals surface area (Å²) < 4.78 is 27.0. The topological polar surface area (TPSA) is 303 Å². The molecule has 0 bridgehead atoms. The summed E-state index contributed by atoms with van der Waals surface area (Å²) in [5, 5.41) is 21.7. The number of benzene rings is 5. The number of nitrogens with zero attached hydrogens (tertiary/aromatic N) is 2. The van der Waals surface area contributed by atoms with Crippen LogP contribution in [0.4, 0.5) is 24.9 Å². The Kier molecular flexibility index (Phi) is 20.7. The highest BCUT2D eigenvalue weighted by Crippen LogP contribution is 2.23. The number of aromatic nitrogens is 1. The number of nitrogens with two attached hydrogens (primary N) is 1. The van der Waals surface area contributed by atoms with Gasteiger partial charge in [-0.15, -0.1) is 0 Å². The number of carbonyl (C=O) groups is 7. The van der Waals surface area contributed by atoms with Gasteiger partial charge in [0.2, 0.25) is 11.8 Å².